The fourth-order valence-electron chi connectivity index (χ4n) is 3.08. The van der Waals surface area contributed by atoms with Crippen LogP contribution in [0.3, 0.4) is 0 Å². The number of hydrogen-bond acceptors (Lipinski definition) is 5. The monoisotopic (exact) mass is 543 g/mol. The number of halogens is 1. The highest BCUT2D eigenvalue weighted by molar-refractivity contribution is 14.0. The topological polar surface area (TPSA) is 73.3 Å². The Labute approximate surface area is 202 Å². The van der Waals surface area contributed by atoms with Gasteiger partial charge in [-0.15, -0.1) is 24.0 Å². The third-order valence-corrected chi connectivity index (χ3v) is 4.67. The lowest BCUT2D eigenvalue weighted by Crippen LogP contribution is -2.42. The fraction of sp³-hybridized carbons (Fsp3) is 0.435. The molecule has 0 radical (unpaired) electrons. The number of methoxy groups -OCH3 is 3. The van der Waals surface area contributed by atoms with Gasteiger partial charge in [-0.3, -0.25) is 4.99 Å². The van der Waals surface area contributed by atoms with Gasteiger partial charge in [0.25, 0.3) is 0 Å². The van der Waals surface area contributed by atoms with Gasteiger partial charge in [-0.2, -0.15) is 0 Å². The van der Waals surface area contributed by atoms with Crippen LogP contribution in [0.1, 0.15) is 18.1 Å². The van der Waals surface area contributed by atoms with Crippen molar-refractivity contribution in [2.45, 2.75) is 26.4 Å². The van der Waals surface area contributed by atoms with Crippen LogP contribution >= 0.6 is 24.0 Å². The second-order valence-corrected chi connectivity index (χ2v) is 6.82. The summed E-state index contributed by atoms with van der Waals surface area (Å²) in [5.41, 5.74) is 2.14. The number of aliphatic imine (C=N–C) groups is 1. The van der Waals surface area contributed by atoms with Gasteiger partial charge < -0.3 is 29.6 Å². The molecule has 7 nitrogen and oxygen atoms in total. The fourth-order valence-corrected chi connectivity index (χ4v) is 3.08. The van der Waals surface area contributed by atoms with Crippen LogP contribution in [0.25, 0.3) is 0 Å². The summed E-state index contributed by atoms with van der Waals surface area (Å²) < 4.78 is 22.3. The third kappa shape index (κ3) is 7.68. The van der Waals surface area contributed by atoms with Gasteiger partial charge in [-0.05, 0) is 38.0 Å². The molecule has 0 fully saturated rings. The first-order valence-corrected chi connectivity index (χ1v) is 9.98. The van der Waals surface area contributed by atoms with Gasteiger partial charge in [0.1, 0.15) is 11.9 Å². The van der Waals surface area contributed by atoms with Crippen molar-refractivity contribution in [3.8, 4) is 23.0 Å². The lowest BCUT2D eigenvalue weighted by atomic mass is 10.1. The van der Waals surface area contributed by atoms with E-state index in [4.69, 9.17) is 18.9 Å². The van der Waals surface area contributed by atoms with Gasteiger partial charge >= 0.3 is 0 Å². The average molecular weight is 543 g/mol. The third-order valence-electron chi connectivity index (χ3n) is 4.67. The van der Waals surface area contributed by atoms with Crippen molar-refractivity contribution in [3.63, 3.8) is 0 Å². The summed E-state index contributed by atoms with van der Waals surface area (Å²) in [6.45, 7) is 5.38. The molecule has 8 heteroatoms. The average Bonchev–Trinajstić information content (AvgIpc) is 2.76. The molecule has 0 aliphatic heterocycles. The molecular weight excluding hydrogens is 509 g/mol. The maximum Gasteiger partial charge on any atom is 0.203 e. The molecule has 172 valence electrons. The molecule has 2 rings (SSSR count). The molecule has 2 N–H and O–H groups in total. The zero-order valence-electron chi connectivity index (χ0n) is 19.2. The quantitative estimate of drug-likeness (QED) is 0.270. The molecule has 0 saturated heterocycles. The van der Waals surface area contributed by atoms with E-state index in [1.165, 1.54) is 0 Å². The van der Waals surface area contributed by atoms with Gasteiger partial charge in [0.15, 0.2) is 17.5 Å². The molecule has 0 amide bonds. The Hall–Kier alpha value is -2.36. The van der Waals surface area contributed by atoms with E-state index in [1.54, 1.807) is 28.4 Å². The van der Waals surface area contributed by atoms with Gasteiger partial charge in [-0.25, -0.2) is 0 Å². The number of guanidine groups is 1. The predicted molar refractivity (Wildman–Crippen MR) is 136 cm³/mol. The summed E-state index contributed by atoms with van der Waals surface area (Å²) >= 11 is 0. The number of aryl methyl sites for hydroxylation is 1. The highest BCUT2D eigenvalue weighted by Gasteiger charge is 2.15. The summed E-state index contributed by atoms with van der Waals surface area (Å²) in [6, 6.07) is 11.9. The summed E-state index contributed by atoms with van der Waals surface area (Å²) in [6.07, 6.45) is 0.732. The van der Waals surface area contributed by atoms with Gasteiger partial charge in [0.05, 0.1) is 27.9 Å². The van der Waals surface area contributed by atoms with Crippen LogP contribution in [0.2, 0.25) is 0 Å². The summed E-state index contributed by atoms with van der Waals surface area (Å²) in [7, 11) is 6.59. The van der Waals surface area contributed by atoms with Crippen molar-refractivity contribution >= 4 is 29.9 Å². The molecule has 0 aliphatic carbocycles. The van der Waals surface area contributed by atoms with Crippen LogP contribution < -0.4 is 29.6 Å². The number of para-hydroxylation sites is 1. The van der Waals surface area contributed by atoms with Crippen LogP contribution in [0.5, 0.6) is 23.0 Å². The van der Waals surface area contributed by atoms with Crippen LogP contribution in [-0.2, 0) is 6.42 Å². The molecule has 0 heterocycles. The second-order valence-electron chi connectivity index (χ2n) is 6.82. The summed E-state index contributed by atoms with van der Waals surface area (Å²) in [5.74, 6) is 3.54. The minimum Gasteiger partial charge on any atom is -0.493 e. The van der Waals surface area contributed by atoms with Gasteiger partial charge in [0.2, 0.25) is 5.75 Å². The lowest BCUT2D eigenvalue weighted by Gasteiger charge is -2.19. The summed E-state index contributed by atoms with van der Waals surface area (Å²) in [4.78, 5) is 4.28. The van der Waals surface area contributed by atoms with Crippen molar-refractivity contribution < 1.29 is 18.9 Å². The van der Waals surface area contributed by atoms with E-state index < -0.39 is 0 Å². The molecule has 1 atom stereocenters. The molecule has 1 unspecified atom stereocenters. The van der Waals surface area contributed by atoms with Gasteiger partial charge in [-0.1, -0.05) is 24.3 Å². The first-order chi connectivity index (χ1) is 14.5. The number of nitrogens with one attached hydrogen (secondary N) is 2. The van der Waals surface area contributed by atoms with E-state index in [9.17, 15) is 0 Å². The van der Waals surface area contributed by atoms with E-state index >= 15 is 0 Å². The highest BCUT2D eigenvalue weighted by Crippen LogP contribution is 2.39. The lowest BCUT2D eigenvalue weighted by molar-refractivity contribution is 0.222. The largest absolute Gasteiger partial charge is 0.493 e. The Bertz CT molecular complexity index is 846. The SMILES string of the molecule is CN=C(NCCc1ccc(OC)c(OC)c1OC)NCC(C)Oc1ccccc1C.I. The van der Waals surface area contributed by atoms with E-state index in [1.807, 2.05) is 50.2 Å². The Morgan fingerprint density at radius 3 is 2.26 bits per heavy atom. The number of benzene rings is 2. The summed E-state index contributed by atoms with van der Waals surface area (Å²) in [5, 5.41) is 6.62. The minimum atomic E-state index is -0.00408. The number of nitrogens with zero attached hydrogens (tertiary/aromatic N) is 1. The zero-order chi connectivity index (χ0) is 21.9. The van der Waals surface area contributed by atoms with Gasteiger partial charge in [0, 0.05) is 19.2 Å². The molecule has 0 saturated carbocycles. The van der Waals surface area contributed by atoms with Crippen molar-refractivity contribution in [2.75, 3.05) is 41.5 Å². The molecule has 2 aromatic rings. The molecule has 2 aromatic carbocycles. The highest BCUT2D eigenvalue weighted by atomic mass is 127. The van der Waals surface area contributed by atoms with Crippen LogP contribution in [0.15, 0.2) is 41.4 Å². The minimum absolute atomic E-state index is 0. The molecular formula is C23H34IN3O4. The maximum atomic E-state index is 6.00. The first-order valence-electron chi connectivity index (χ1n) is 9.98. The van der Waals surface area contributed by atoms with Crippen LogP contribution in [-0.4, -0.2) is 53.5 Å². The van der Waals surface area contributed by atoms with Crippen molar-refractivity contribution in [2.24, 2.45) is 4.99 Å². The molecule has 0 aromatic heterocycles. The number of hydrogen-bond donors (Lipinski definition) is 2. The Morgan fingerprint density at radius 1 is 0.935 bits per heavy atom. The van der Waals surface area contributed by atoms with Crippen molar-refractivity contribution in [1.29, 1.82) is 0 Å². The zero-order valence-corrected chi connectivity index (χ0v) is 21.5. The van der Waals surface area contributed by atoms with E-state index in [0.717, 1.165) is 29.3 Å². The Morgan fingerprint density at radius 2 is 1.65 bits per heavy atom. The molecule has 31 heavy (non-hydrogen) atoms. The van der Waals surface area contributed by atoms with E-state index in [-0.39, 0.29) is 30.1 Å². The van der Waals surface area contributed by atoms with Crippen molar-refractivity contribution in [3.05, 3.63) is 47.5 Å². The van der Waals surface area contributed by atoms with E-state index in [0.29, 0.717) is 30.3 Å². The van der Waals surface area contributed by atoms with E-state index in [2.05, 4.69) is 15.6 Å². The normalized spacial score (nSPS) is 11.7. The maximum absolute atomic E-state index is 6.00. The molecule has 0 bridgehead atoms. The molecule has 0 spiro atoms. The first kappa shape index (κ1) is 26.7. The smallest absolute Gasteiger partial charge is 0.203 e. The second kappa shape index (κ2) is 13.8. The standard InChI is InChI=1S/C23H33N3O4.HI/c1-16-9-7-8-10-19(16)30-17(2)15-26-23(24-3)25-14-13-18-11-12-20(27-4)22(29-6)21(18)28-5;/h7-12,17H,13-15H2,1-6H3,(H2,24,25,26);1H. The molecule has 0 aliphatic rings. The Balaban J connectivity index is 0.00000480. The number of rotatable bonds is 10. The number of ether oxygens (including phenoxy) is 4. The predicted octanol–water partition coefficient (Wildman–Crippen LogP) is 3.81. The van der Waals surface area contributed by atoms with Crippen molar-refractivity contribution in [1.82, 2.24) is 10.6 Å². The van der Waals surface area contributed by atoms with Crippen LogP contribution in [0.4, 0.5) is 0 Å². The Kier molecular flexibility index (Phi) is 11.9. The van der Waals surface area contributed by atoms with Crippen LogP contribution in [0, 0.1) is 6.92 Å².